The van der Waals surface area contributed by atoms with Crippen LogP contribution in [0.4, 0.5) is 0 Å². The monoisotopic (exact) mass is 366 g/mol. The van der Waals surface area contributed by atoms with E-state index in [1.165, 1.54) is 12.1 Å². The molecule has 1 aliphatic carbocycles. The van der Waals surface area contributed by atoms with E-state index in [0.29, 0.717) is 17.1 Å². The van der Waals surface area contributed by atoms with Gasteiger partial charge in [-0.15, -0.1) is 0 Å². The van der Waals surface area contributed by atoms with Crippen LogP contribution in [0, 0.1) is 35.0 Å². The molecule has 0 radical (unpaired) electrons. The molecule has 1 aliphatic heterocycles. The van der Waals surface area contributed by atoms with Gasteiger partial charge in [-0.1, -0.05) is 23.8 Å². The highest BCUT2D eigenvalue weighted by Crippen LogP contribution is 2.64. The summed E-state index contributed by atoms with van der Waals surface area (Å²) in [5, 5.41) is 18.1. The fourth-order valence-corrected chi connectivity index (χ4v) is 5.69. The molecule has 130 valence electrons. The Bertz CT molecular complexity index is 1060. The van der Waals surface area contributed by atoms with Gasteiger partial charge in [-0.05, 0) is 36.8 Å². The van der Waals surface area contributed by atoms with Crippen LogP contribution >= 0.6 is 0 Å². The zero-order valence-electron chi connectivity index (χ0n) is 13.8. The van der Waals surface area contributed by atoms with Crippen LogP contribution in [-0.2, 0) is 9.84 Å². The van der Waals surface area contributed by atoms with Gasteiger partial charge in [0.15, 0.2) is 26.8 Å². The summed E-state index contributed by atoms with van der Waals surface area (Å²) >= 11 is 0. The van der Waals surface area contributed by atoms with Gasteiger partial charge in [-0.2, -0.15) is 10.5 Å². The van der Waals surface area contributed by atoms with Gasteiger partial charge in [0, 0.05) is 5.92 Å². The fourth-order valence-electron chi connectivity index (χ4n) is 3.49. The fraction of sp³-hybridized carbons (Fsp3) is 0.263. The van der Waals surface area contributed by atoms with Crippen molar-refractivity contribution in [2.45, 2.75) is 23.0 Å². The summed E-state index contributed by atoms with van der Waals surface area (Å²) in [6.07, 6.45) is 0. The maximum Gasteiger partial charge on any atom is 0.231 e. The number of sulfone groups is 1. The van der Waals surface area contributed by atoms with Gasteiger partial charge >= 0.3 is 0 Å². The Kier molecular flexibility index (Phi) is 3.47. The van der Waals surface area contributed by atoms with Crippen molar-refractivity contribution in [1.82, 2.24) is 0 Å². The summed E-state index contributed by atoms with van der Waals surface area (Å²) < 4.78 is 36.8. The number of nitriles is 2. The molecule has 0 N–H and O–H groups in total. The minimum absolute atomic E-state index is 0.0934. The van der Waals surface area contributed by atoms with E-state index in [9.17, 15) is 18.9 Å². The van der Waals surface area contributed by atoms with E-state index in [1.54, 1.807) is 30.3 Å². The highest BCUT2D eigenvalue weighted by atomic mass is 32.2. The topological polar surface area (TPSA) is 100 Å². The van der Waals surface area contributed by atoms with Crippen molar-refractivity contribution in [3.8, 4) is 23.6 Å². The van der Waals surface area contributed by atoms with Crippen molar-refractivity contribution in [2.24, 2.45) is 5.41 Å². The highest BCUT2D eigenvalue weighted by Gasteiger charge is 2.73. The first-order chi connectivity index (χ1) is 12.4. The number of aryl methyl sites for hydroxylation is 1. The lowest BCUT2D eigenvalue weighted by atomic mass is 10.0. The van der Waals surface area contributed by atoms with Crippen LogP contribution in [0.5, 0.6) is 11.5 Å². The Balaban J connectivity index is 1.79. The first-order valence-electron chi connectivity index (χ1n) is 7.96. The van der Waals surface area contributed by atoms with E-state index in [4.69, 9.17) is 9.47 Å². The predicted octanol–water partition coefficient (Wildman–Crippen LogP) is 2.70. The molecule has 0 aromatic heterocycles. The number of hydrogen-bond donors (Lipinski definition) is 0. The molecule has 2 aromatic carbocycles. The molecule has 2 atom stereocenters. The van der Waals surface area contributed by atoms with Crippen molar-refractivity contribution < 1.29 is 17.9 Å². The molecule has 1 fully saturated rings. The van der Waals surface area contributed by atoms with Crippen LogP contribution in [0.1, 0.15) is 17.0 Å². The quantitative estimate of drug-likeness (QED) is 0.828. The Labute approximate surface area is 151 Å². The molecule has 0 amide bonds. The van der Waals surface area contributed by atoms with Crippen LogP contribution < -0.4 is 9.47 Å². The second-order valence-electron chi connectivity index (χ2n) is 6.46. The highest BCUT2D eigenvalue weighted by molar-refractivity contribution is 7.92. The van der Waals surface area contributed by atoms with E-state index in [2.05, 4.69) is 0 Å². The lowest BCUT2D eigenvalue weighted by molar-refractivity contribution is 0.174. The lowest BCUT2D eigenvalue weighted by Gasteiger charge is -2.05. The van der Waals surface area contributed by atoms with Gasteiger partial charge < -0.3 is 9.47 Å². The summed E-state index contributed by atoms with van der Waals surface area (Å²) in [7, 11) is -3.84. The number of benzene rings is 2. The van der Waals surface area contributed by atoms with Gasteiger partial charge in [0.25, 0.3) is 0 Å². The maximum absolute atomic E-state index is 13.1. The third kappa shape index (κ3) is 2.18. The second-order valence-corrected chi connectivity index (χ2v) is 8.53. The van der Waals surface area contributed by atoms with E-state index < -0.39 is 26.4 Å². The first-order valence-corrected chi connectivity index (χ1v) is 9.51. The molecule has 0 unspecified atom stereocenters. The SMILES string of the molecule is Cc1ccc(S(=O)(=O)[C@H]2[C@H](c3ccc4c(c3)OCO4)C2(C#N)C#N)cc1. The van der Waals surface area contributed by atoms with E-state index >= 15 is 0 Å². The van der Waals surface area contributed by atoms with Crippen LogP contribution in [-0.4, -0.2) is 20.5 Å². The summed E-state index contributed by atoms with van der Waals surface area (Å²) in [6.45, 7) is 1.95. The zero-order chi connectivity index (χ0) is 18.5. The molecule has 2 aromatic rings. The average Bonchev–Trinajstić information content (AvgIpc) is 3.12. The standard InChI is InChI=1S/C19H14N2O4S/c1-12-2-5-14(6-3-12)26(22,23)18-17(19(18,9-20)10-21)13-4-7-15-16(8-13)25-11-24-15/h2-8,17-18H,11H2,1H3/t17-,18-/m0/s1. The second kappa shape index (κ2) is 5.48. The Morgan fingerprint density at radius 1 is 1.04 bits per heavy atom. The summed E-state index contributed by atoms with van der Waals surface area (Å²) in [4.78, 5) is 0.117. The molecule has 1 saturated carbocycles. The van der Waals surface area contributed by atoms with Crippen molar-refractivity contribution in [2.75, 3.05) is 6.79 Å². The van der Waals surface area contributed by atoms with Crippen molar-refractivity contribution in [3.05, 3.63) is 53.6 Å². The van der Waals surface area contributed by atoms with Crippen LogP contribution in [0.3, 0.4) is 0 Å². The Morgan fingerprint density at radius 3 is 2.35 bits per heavy atom. The summed E-state index contributed by atoms with van der Waals surface area (Å²) in [6, 6.07) is 15.3. The normalized spacial score (nSPS) is 22.3. The first kappa shape index (κ1) is 16.4. The molecular formula is C19H14N2O4S. The third-order valence-electron chi connectivity index (χ3n) is 4.94. The predicted molar refractivity (Wildman–Crippen MR) is 91.1 cm³/mol. The minimum Gasteiger partial charge on any atom is -0.454 e. The number of hydrogen-bond acceptors (Lipinski definition) is 6. The minimum atomic E-state index is -3.84. The van der Waals surface area contributed by atoms with E-state index in [1.807, 2.05) is 19.1 Å². The average molecular weight is 366 g/mol. The van der Waals surface area contributed by atoms with Crippen LogP contribution in [0.2, 0.25) is 0 Å². The van der Waals surface area contributed by atoms with Crippen molar-refractivity contribution >= 4 is 9.84 Å². The number of fused-ring (bicyclic) bond motifs is 1. The molecule has 2 aliphatic rings. The largest absolute Gasteiger partial charge is 0.454 e. The third-order valence-corrected chi connectivity index (χ3v) is 7.18. The zero-order valence-corrected chi connectivity index (χ0v) is 14.7. The molecule has 0 spiro atoms. The molecular weight excluding hydrogens is 352 g/mol. The van der Waals surface area contributed by atoms with Crippen molar-refractivity contribution in [3.63, 3.8) is 0 Å². The summed E-state index contributed by atoms with van der Waals surface area (Å²) in [5.74, 6) is 0.316. The van der Waals surface area contributed by atoms with Crippen LogP contribution in [0.25, 0.3) is 0 Å². The van der Waals surface area contributed by atoms with Gasteiger partial charge in [-0.3, -0.25) is 0 Å². The smallest absolute Gasteiger partial charge is 0.231 e. The van der Waals surface area contributed by atoms with Crippen molar-refractivity contribution in [1.29, 1.82) is 10.5 Å². The Morgan fingerprint density at radius 2 is 1.69 bits per heavy atom. The maximum atomic E-state index is 13.1. The van der Waals surface area contributed by atoms with Gasteiger partial charge in [0.1, 0.15) is 5.25 Å². The molecule has 6 nitrogen and oxygen atoms in total. The van der Waals surface area contributed by atoms with Gasteiger partial charge in [0.05, 0.1) is 17.0 Å². The molecule has 0 saturated heterocycles. The van der Waals surface area contributed by atoms with Gasteiger partial charge in [-0.25, -0.2) is 8.42 Å². The summed E-state index contributed by atoms with van der Waals surface area (Å²) in [5.41, 5.74) is -0.103. The molecule has 7 heteroatoms. The molecule has 26 heavy (non-hydrogen) atoms. The molecule has 1 heterocycles. The molecule has 0 bridgehead atoms. The van der Waals surface area contributed by atoms with Gasteiger partial charge in [0.2, 0.25) is 6.79 Å². The number of ether oxygens (including phenoxy) is 2. The van der Waals surface area contributed by atoms with Crippen LogP contribution in [0.15, 0.2) is 47.4 Å². The number of rotatable bonds is 3. The van der Waals surface area contributed by atoms with E-state index in [0.717, 1.165) is 5.56 Å². The molecule has 4 rings (SSSR count). The lowest BCUT2D eigenvalue weighted by Crippen LogP contribution is -2.14. The Hall–Kier alpha value is -3.03. The van der Waals surface area contributed by atoms with E-state index in [-0.39, 0.29) is 11.7 Å². The number of nitrogens with zero attached hydrogens (tertiary/aromatic N) is 2.